The third-order valence-corrected chi connectivity index (χ3v) is 5.82. The summed E-state index contributed by atoms with van der Waals surface area (Å²) in [5.41, 5.74) is 2.07. The zero-order valence-electron chi connectivity index (χ0n) is 12.6. The molecule has 3 nitrogen and oxygen atoms in total. The number of nitrogens with zero attached hydrogens (tertiary/aromatic N) is 2. The number of benzene rings is 1. The zero-order valence-corrected chi connectivity index (χ0v) is 15.8. The molecular formula is C18H14BrN3S2. The maximum Gasteiger partial charge on any atom is 0.174 e. The van der Waals surface area contributed by atoms with Gasteiger partial charge in [-0.2, -0.15) is 0 Å². The van der Waals surface area contributed by atoms with Crippen LogP contribution in [0.2, 0.25) is 0 Å². The molecule has 1 aromatic carbocycles. The summed E-state index contributed by atoms with van der Waals surface area (Å²) in [7, 11) is 0. The van der Waals surface area contributed by atoms with E-state index in [9.17, 15) is 0 Å². The van der Waals surface area contributed by atoms with E-state index in [1.54, 1.807) is 11.3 Å². The van der Waals surface area contributed by atoms with Gasteiger partial charge >= 0.3 is 0 Å². The Morgan fingerprint density at radius 3 is 2.58 bits per heavy atom. The van der Waals surface area contributed by atoms with E-state index in [1.165, 1.54) is 4.88 Å². The van der Waals surface area contributed by atoms with Gasteiger partial charge in [0.15, 0.2) is 5.11 Å². The van der Waals surface area contributed by atoms with Crippen molar-refractivity contribution in [1.29, 1.82) is 0 Å². The molecule has 0 spiro atoms. The van der Waals surface area contributed by atoms with Crippen LogP contribution in [0, 0.1) is 0 Å². The molecule has 120 valence electrons. The maximum atomic E-state index is 5.66. The number of hydrogen-bond donors (Lipinski definition) is 1. The van der Waals surface area contributed by atoms with Crippen molar-refractivity contribution in [1.82, 2.24) is 10.3 Å². The number of halogens is 1. The number of pyridine rings is 1. The lowest BCUT2D eigenvalue weighted by molar-refractivity contribution is 0.575. The highest BCUT2D eigenvalue weighted by Crippen LogP contribution is 2.42. The molecule has 6 heteroatoms. The summed E-state index contributed by atoms with van der Waals surface area (Å²) in [6.07, 6.45) is 1.83. The van der Waals surface area contributed by atoms with Crippen LogP contribution >= 0.6 is 39.5 Å². The fourth-order valence-electron chi connectivity index (χ4n) is 2.98. The lowest BCUT2D eigenvalue weighted by Gasteiger charge is -2.26. The van der Waals surface area contributed by atoms with Gasteiger partial charge < -0.3 is 10.2 Å². The van der Waals surface area contributed by atoms with Crippen LogP contribution in [0.25, 0.3) is 0 Å². The van der Waals surface area contributed by atoms with Crippen molar-refractivity contribution < 1.29 is 0 Å². The molecular weight excluding hydrogens is 402 g/mol. The number of aromatic nitrogens is 1. The van der Waals surface area contributed by atoms with Crippen LogP contribution in [-0.4, -0.2) is 10.1 Å². The number of thiocarbonyl (C=S) groups is 1. The van der Waals surface area contributed by atoms with Gasteiger partial charge in [-0.05, 0) is 60.1 Å². The normalized spacial score (nSPS) is 20.2. The third kappa shape index (κ3) is 2.85. The minimum Gasteiger partial charge on any atom is -0.351 e. The number of thiophene rings is 1. The van der Waals surface area contributed by atoms with Crippen LogP contribution < -0.4 is 10.2 Å². The molecule has 0 amide bonds. The van der Waals surface area contributed by atoms with Crippen molar-refractivity contribution in [2.75, 3.05) is 4.90 Å². The molecule has 0 bridgehead atoms. The first kappa shape index (κ1) is 15.7. The van der Waals surface area contributed by atoms with E-state index >= 15 is 0 Å². The summed E-state index contributed by atoms with van der Waals surface area (Å²) in [6, 6.07) is 18.6. The third-order valence-electron chi connectivity index (χ3n) is 4.04. The monoisotopic (exact) mass is 415 g/mol. The fraction of sp³-hybridized carbons (Fsp3) is 0.111. The smallest absolute Gasteiger partial charge is 0.174 e. The van der Waals surface area contributed by atoms with Crippen molar-refractivity contribution in [3.05, 3.63) is 81.2 Å². The van der Waals surface area contributed by atoms with Crippen molar-refractivity contribution in [2.24, 2.45) is 0 Å². The first-order valence-corrected chi connectivity index (χ1v) is 9.62. The van der Waals surface area contributed by atoms with Crippen molar-refractivity contribution in [3.8, 4) is 0 Å². The highest BCUT2D eigenvalue weighted by Gasteiger charge is 2.41. The Morgan fingerprint density at radius 1 is 1.08 bits per heavy atom. The topological polar surface area (TPSA) is 28.2 Å². The second kappa shape index (κ2) is 6.63. The van der Waals surface area contributed by atoms with Gasteiger partial charge in [-0.15, -0.1) is 11.3 Å². The lowest BCUT2D eigenvalue weighted by Crippen LogP contribution is -2.28. The predicted octanol–water partition coefficient (Wildman–Crippen LogP) is 5.08. The van der Waals surface area contributed by atoms with Crippen LogP contribution in [0.5, 0.6) is 0 Å². The molecule has 3 heterocycles. The second-order valence-electron chi connectivity index (χ2n) is 5.49. The molecule has 1 N–H and O–H groups in total. The molecule has 1 fully saturated rings. The van der Waals surface area contributed by atoms with Gasteiger partial charge in [-0.3, -0.25) is 4.98 Å². The summed E-state index contributed by atoms with van der Waals surface area (Å²) in [5, 5.41) is 6.29. The Hall–Kier alpha value is -1.76. The van der Waals surface area contributed by atoms with Crippen LogP contribution in [0.1, 0.15) is 22.7 Å². The SMILES string of the molecule is S=C1N[C@@H](c2ccccn2)[C@@H](c2cccs2)N1c1ccc(Br)cc1. The predicted molar refractivity (Wildman–Crippen MR) is 106 cm³/mol. The molecule has 2 atom stereocenters. The lowest BCUT2D eigenvalue weighted by atomic mass is 10.0. The Bertz CT molecular complexity index is 834. The quantitative estimate of drug-likeness (QED) is 0.603. The summed E-state index contributed by atoms with van der Waals surface area (Å²) >= 11 is 10.9. The molecule has 1 aliphatic rings. The van der Waals surface area contributed by atoms with E-state index in [0.717, 1.165) is 21.0 Å². The van der Waals surface area contributed by atoms with Crippen molar-refractivity contribution >= 4 is 50.3 Å². The first-order valence-electron chi connectivity index (χ1n) is 7.53. The minimum absolute atomic E-state index is 0.0287. The number of nitrogens with one attached hydrogen (secondary N) is 1. The highest BCUT2D eigenvalue weighted by molar-refractivity contribution is 9.10. The van der Waals surface area contributed by atoms with Gasteiger partial charge in [-0.1, -0.05) is 28.1 Å². The van der Waals surface area contributed by atoms with Gasteiger partial charge in [-0.25, -0.2) is 0 Å². The summed E-state index contributed by atoms with van der Waals surface area (Å²) < 4.78 is 1.05. The molecule has 1 saturated heterocycles. The summed E-state index contributed by atoms with van der Waals surface area (Å²) in [5.74, 6) is 0. The van der Waals surface area contributed by atoms with Gasteiger partial charge in [0.2, 0.25) is 0 Å². The molecule has 4 rings (SSSR count). The van der Waals surface area contributed by atoms with Crippen LogP contribution in [0.3, 0.4) is 0 Å². The Balaban J connectivity index is 1.80. The molecule has 0 aliphatic carbocycles. The van der Waals surface area contributed by atoms with Gasteiger partial charge in [0.05, 0.1) is 17.8 Å². The summed E-state index contributed by atoms with van der Waals surface area (Å²) in [6.45, 7) is 0. The largest absolute Gasteiger partial charge is 0.351 e. The fourth-order valence-corrected chi connectivity index (χ4v) is 4.45. The number of hydrogen-bond acceptors (Lipinski definition) is 3. The van der Waals surface area contributed by atoms with E-state index in [1.807, 2.05) is 36.5 Å². The zero-order chi connectivity index (χ0) is 16.5. The van der Waals surface area contributed by atoms with E-state index < -0.39 is 0 Å². The van der Waals surface area contributed by atoms with Crippen molar-refractivity contribution in [3.63, 3.8) is 0 Å². The van der Waals surface area contributed by atoms with Gasteiger partial charge in [0.25, 0.3) is 0 Å². The molecule has 1 aliphatic heterocycles. The van der Waals surface area contributed by atoms with Crippen LogP contribution in [-0.2, 0) is 0 Å². The van der Waals surface area contributed by atoms with E-state index in [0.29, 0.717) is 0 Å². The Kier molecular flexibility index (Phi) is 4.35. The first-order chi connectivity index (χ1) is 11.7. The molecule has 2 aromatic heterocycles. The Morgan fingerprint density at radius 2 is 1.92 bits per heavy atom. The van der Waals surface area contributed by atoms with Gasteiger partial charge in [0.1, 0.15) is 0 Å². The number of rotatable bonds is 3. The number of anilines is 1. The van der Waals surface area contributed by atoms with Crippen LogP contribution in [0.15, 0.2) is 70.6 Å². The van der Waals surface area contributed by atoms with Crippen molar-refractivity contribution in [2.45, 2.75) is 12.1 Å². The average Bonchev–Trinajstić information content (AvgIpc) is 3.24. The van der Waals surface area contributed by atoms with E-state index in [-0.39, 0.29) is 12.1 Å². The highest BCUT2D eigenvalue weighted by atomic mass is 79.9. The molecule has 0 radical (unpaired) electrons. The minimum atomic E-state index is 0.0287. The standard InChI is InChI=1S/C18H14BrN3S2/c19-12-6-8-13(9-7-12)22-17(15-5-3-11-24-15)16(21-18(22)23)14-4-1-2-10-20-14/h1-11,16-17H,(H,21,23)/t16-,17+/m0/s1. The maximum absolute atomic E-state index is 5.66. The van der Waals surface area contributed by atoms with Gasteiger partial charge in [0, 0.05) is 21.2 Å². The summed E-state index contributed by atoms with van der Waals surface area (Å²) in [4.78, 5) is 8.00. The Labute approximate surface area is 158 Å². The molecule has 0 saturated carbocycles. The average molecular weight is 416 g/mol. The molecule has 3 aromatic rings. The second-order valence-corrected chi connectivity index (χ2v) is 7.77. The molecule has 0 unspecified atom stereocenters. The van der Waals surface area contributed by atoms with E-state index in [2.05, 4.69) is 60.8 Å². The van der Waals surface area contributed by atoms with E-state index in [4.69, 9.17) is 12.2 Å². The van der Waals surface area contributed by atoms with Crippen LogP contribution in [0.4, 0.5) is 5.69 Å². The molecule has 24 heavy (non-hydrogen) atoms.